The molecule has 0 aromatic heterocycles. The summed E-state index contributed by atoms with van der Waals surface area (Å²) in [5, 5.41) is 9.26. The molecule has 0 saturated heterocycles. The first-order valence-corrected chi connectivity index (χ1v) is 4.21. The average Bonchev–Trinajstić information content (AvgIpc) is 1.80. The van der Waals surface area contributed by atoms with Gasteiger partial charge in [-0.05, 0) is 32.6 Å². The van der Waals surface area contributed by atoms with E-state index in [9.17, 15) is 9.50 Å². The highest BCUT2D eigenvalue weighted by molar-refractivity contribution is 4.76. The summed E-state index contributed by atoms with van der Waals surface area (Å²) in [6.07, 6.45) is 0.625. The van der Waals surface area contributed by atoms with E-state index in [1.807, 2.05) is 0 Å². The fourth-order valence-corrected chi connectivity index (χ4v) is 0.834. The fraction of sp³-hybridized carbons (Fsp3) is 1.00. The molecule has 0 radical (unpaired) electrons. The molecule has 0 bridgehead atoms. The highest BCUT2D eigenvalue weighted by Gasteiger charge is 2.26. The molecule has 0 aromatic rings. The molecule has 0 aliphatic rings. The van der Waals surface area contributed by atoms with Gasteiger partial charge in [0.2, 0.25) is 0 Å². The first-order valence-electron chi connectivity index (χ1n) is 4.21. The van der Waals surface area contributed by atoms with Gasteiger partial charge in [0.05, 0.1) is 6.10 Å². The quantitative estimate of drug-likeness (QED) is 0.673. The van der Waals surface area contributed by atoms with Crippen LogP contribution in [0.5, 0.6) is 0 Å². The van der Waals surface area contributed by atoms with E-state index in [1.165, 1.54) is 13.8 Å². The molecule has 0 heterocycles. The van der Waals surface area contributed by atoms with Crippen molar-refractivity contribution < 1.29 is 9.50 Å². The predicted octanol–water partition coefficient (Wildman–Crippen LogP) is 2.53. The Hall–Kier alpha value is -0.110. The van der Waals surface area contributed by atoms with Crippen molar-refractivity contribution >= 4 is 0 Å². The van der Waals surface area contributed by atoms with Crippen LogP contribution in [-0.4, -0.2) is 16.9 Å². The van der Waals surface area contributed by atoms with Gasteiger partial charge >= 0.3 is 0 Å². The van der Waals surface area contributed by atoms with Crippen molar-refractivity contribution in [3.63, 3.8) is 0 Å². The number of hydrogen-bond acceptors (Lipinski definition) is 1. The van der Waals surface area contributed by atoms with Gasteiger partial charge in [-0.15, -0.1) is 0 Å². The van der Waals surface area contributed by atoms with Crippen molar-refractivity contribution in [2.45, 2.75) is 52.3 Å². The number of hydrogen-bond donors (Lipinski definition) is 1. The Morgan fingerprint density at radius 1 is 1.27 bits per heavy atom. The van der Waals surface area contributed by atoms with E-state index in [4.69, 9.17) is 0 Å². The van der Waals surface area contributed by atoms with Crippen LogP contribution in [0.1, 0.15) is 40.5 Å². The average molecular weight is 162 g/mol. The molecule has 0 aromatic carbocycles. The number of alkyl halides is 1. The second-order valence-corrected chi connectivity index (χ2v) is 4.05. The normalized spacial score (nSPS) is 15.5. The number of aliphatic hydroxyl groups excluding tert-OH is 1. The summed E-state index contributed by atoms with van der Waals surface area (Å²) in [5.41, 5.74) is -1.45. The van der Waals surface area contributed by atoms with E-state index in [2.05, 4.69) is 13.8 Å². The van der Waals surface area contributed by atoms with Crippen LogP contribution in [0.2, 0.25) is 0 Å². The maximum Gasteiger partial charge on any atom is 0.131 e. The van der Waals surface area contributed by atoms with Crippen LogP contribution in [0.4, 0.5) is 4.39 Å². The van der Waals surface area contributed by atoms with Gasteiger partial charge in [-0.1, -0.05) is 13.8 Å². The van der Waals surface area contributed by atoms with Gasteiger partial charge in [0.25, 0.3) is 0 Å². The molecule has 1 N–H and O–H groups in total. The standard InChI is InChI=1S/C9H19FO/c1-7(2)5-6-8(11)9(3,4)10/h7-8,11H,5-6H2,1-4H3. The molecule has 0 spiro atoms. The van der Waals surface area contributed by atoms with Crippen molar-refractivity contribution in [1.82, 2.24) is 0 Å². The van der Waals surface area contributed by atoms with Crippen LogP contribution in [0, 0.1) is 5.92 Å². The molecular weight excluding hydrogens is 143 g/mol. The Morgan fingerprint density at radius 3 is 2.00 bits per heavy atom. The fourth-order valence-electron chi connectivity index (χ4n) is 0.834. The van der Waals surface area contributed by atoms with Crippen molar-refractivity contribution in [2.75, 3.05) is 0 Å². The zero-order valence-corrected chi connectivity index (χ0v) is 7.89. The topological polar surface area (TPSA) is 20.2 Å². The lowest BCUT2D eigenvalue weighted by molar-refractivity contribution is 0.00884. The summed E-state index contributed by atoms with van der Waals surface area (Å²) in [6.45, 7) is 6.96. The molecule has 0 rings (SSSR count). The Balaban J connectivity index is 3.61. The maximum atomic E-state index is 13.0. The molecular formula is C9H19FO. The van der Waals surface area contributed by atoms with E-state index in [0.717, 1.165) is 6.42 Å². The third-order valence-corrected chi connectivity index (χ3v) is 1.81. The molecule has 0 amide bonds. The molecule has 0 aliphatic heterocycles. The molecule has 0 saturated carbocycles. The molecule has 1 unspecified atom stereocenters. The van der Waals surface area contributed by atoms with Crippen LogP contribution in [-0.2, 0) is 0 Å². The lowest BCUT2D eigenvalue weighted by Gasteiger charge is -2.22. The number of halogens is 1. The Labute approximate surface area is 68.6 Å². The summed E-state index contributed by atoms with van der Waals surface area (Å²) < 4.78 is 13.0. The third kappa shape index (κ3) is 5.19. The molecule has 68 valence electrons. The van der Waals surface area contributed by atoms with Crippen LogP contribution in [0.15, 0.2) is 0 Å². The zero-order valence-electron chi connectivity index (χ0n) is 7.89. The van der Waals surface area contributed by atoms with Gasteiger partial charge in [-0.2, -0.15) is 0 Å². The monoisotopic (exact) mass is 162 g/mol. The lowest BCUT2D eigenvalue weighted by Crippen LogP contribution is -2.31. The van der Waals surface area contributed by atoms with Gasteiger partial charge in [0.1, 0.15) is 5.67 Å². The second kappa shape index (κ2) is 4.05. The molecule has 0 aliphatic carbocycles. The second-order valence-electron chi connectivity index (χ2n) is 4.05. The first-order chi connectivity index (χ1) is 4.84. The van der Waals surface area contributed by atoms with E-state index in [-0.39, 0.29) is 0 Å². The number of rotatable bonds is 4. The van der Waals surface area contributed by atoms with Crippen molar-refractivity contribution in [3.05, 3.63) is 0 Å². The van der Waals surface area contributed by atoms with Crippen molar-refractivity contribution in [2.24, 2.45) is 5.92 Å². The maximum absolute atomic E-state index is 13.0. The van der Waals surface area contributed by atoms with Gasteiger partial charge in [0.15, 0.2) is 0 Å². The van der Waals surface area contributed by atoms with E-state index in [1.54, 1.807) is 0 Å². The highest BCUT2D eigenvalue weighted by atomic mass is 19.1. The van der Waals surface area contributed by atoms with Crippen molar-refractivity contribution in [3.8, 4) is 0 Å². The van der Waals surface area contributed by atoms with Gasteiger partial charge < -0.3 is 5.11 Å². The van der Waals surface area contributed by atoms with Crippen LogP contribution in [0.3, 0.4) is 0 Å². The largest absolute Gasteiger partial charge is 0.390 e. The SMILES string of the molecule is CC(C)CCC(O)C(C)(C)F. The van der Waals surface area contributed by atoms with Gasteiger partial charge in [-0.3, -0.25) is 0 Å². The molecule has 11 heavy (non-hydrogen) atoms. The lowest BCUT2D eigenvalue weighted by atomic mass is 9.96. The highest BCUT2D eigenvalue weighted by Crippen LogP contribution is 2.20. The van der Waals surface area contributed by atoms with Crippen molar-refractivity contribution in [1.29, 1.82) is 0 Å². The van der Waals surface area contributed by atoms with E-state index < -0.39 is 11.8 Å². The molecule has 1 nitrogen and oxygen atoms in total. The smallest absolute Gasteiger partial charge is 0.131 e. The Morgan fingerprint density at radius 2 is 1.73 bits per heavy atom. The van der Waals surface area contributed by atoms with Gasteiger partial charge in [-0.25, -0.2) is 4.39 Å². The van der Waals surface area contributed by atoms with Crippen LogP contribution in [0.25, 0.3) is 0 Å². The van der Waals surface area contributed by atoms with Crippen LogP contribution < -0.4 is 0 Å². The Kier molecular flexibility index (Phi) is 4.01. The van der Waals surface area contributed by atoms with E-state index >= 15 is 0 Å². The predicted molar refractivity (Wildman–Crippen MR) is 45.3 cm³/mol. The van der Waals surface area contributed by atoms with Gasteiger partial charge in [0, 0.05) is 0 Å². The zero-order chi connectivity index (χ0) is 9.07. The van der Waals surface area contributed by atoms with Crippen LogP contribution >= 0.6 is 0 Å². The summed E-state index contributed by atoms with van der Waals surface area (Å²) >= 11 is 0. The minimum absolute atomic E-state index is 0.534. The number of aliphatic hydroxyl groups is 1. The summed E-state index contributed by atoms with van der Waals surface area (Å²) in [6, 6.07) is 0. The van der Waals surface area contributed by atoms with E-state index in [0.29, 0.717) is 12.3 Å². The summed E-state index contributed by atoms with van der Waals surface area (Å²) in [5.74, 6) is 0.534. The molecule has 0 fully saturated rings. The third-order valence-electron chi connectivity index (χ3n) is 1.81. The minimum atomic E-state index is -1.45. The summed E-state index contributed by atoms with van der Waals surface area (Å²) in [7, 11) is 0. The molecule has 1 atom stereocenters. The first kappa shape index (κ1) is 10.9. The minimum Gasteiger partial charge on any atom is -0.390 e. The summed E-state index contributed by atoms with van der Waals surface area (Å²) in [4.78, 5) is 0. The molecule has 2 heteroatoms. The Bertz CT molecular complexity index is 105.